The quantitative estimate of drug-likeness (QED) is 0.355. The second kappa shape index (κ2) is 9.09. The third-order valence-corrected chi connectivity index (χ3v) is 5.83. The van der Waals surface area contributed by atoms with Crippen LogP contribution in [0.4, 0.5) is 0 Å². The number of aliphatic hydroxyl groups excluding tert-OH is 1. The molecule has 2 unspecified atom stereocenters. The molecule has 0 aromatic carbocycles. The van der Waals surface area contributed by atoms with Crippen molar-refractivity contribution in [2.45, 2.75) is 56.8 Å². The van der Waals surface area contributed by atoms with E-state index in [1.165, 1.54) is 11.8 Å². The Balaban J connectivity index is 1.84. The van der Waals surface area contributed by atoms with Gasteiger partial charge in [0, 0.05) is 24.8 Å². The summed E-state index contributed by atoms with van der Waals surface area (Å²) in [5.74, 6) is 0.896. The molecule has 0 spiro atoms. The van der Waals surface area contributed by atoms with Gasteiger partial charge in [0.2, 0.25) is 5.79 Å². The van der Waals surface area contributed by atoms with Gasteiger partial charge in [-0.3, -0.25) is 15.4 Å². The Morgan fingerprint density at radius 3 is 2.97 bits per heavy atom. The van der Waals surface area contributed by atoms with Crippen LogP contribution in [-0.4, -0.2) is 63.8 Å². The Hall–Kier alpha value is -1.53. The van der Waals surface area contributed by atoms with Crippen molar-refractivity contribution in [1.29, 1.82) is 0 Å². The van der Waals surface area contributed by atoms with E-state index in [0.29, 0.717) is 17.2 Å². The number of thioether (sulfide) groups is 1. The van der Waals surface area contributed by atoms with Gasteiger partial charge >= 0.3 is 0 Å². The number of nitrogens with zero attached hydrogens (tertiary/aromatic N) is 2. The lowest BCUT2D eigenvalue weighted by molar-refractivity contribution is -0.508. The summed E-state index contributed by atoms with van der Waals surface area (Å²) in [4.78, 5) is 15.3. The maximum absolute atomic E-state index is 11.6. The number of hydrogen-bond donors (Lipinski definition) is 3. The minimum absolute atomic E-state index is 0.0651. The van der Waals surface area contributed by atoms with Crippen molar-refractivity contribution in [3.05, 3.63) is 33.4 Å². The molecule has 0 aromatic heterocycles. The molecule has 3 rings (SSSR count). The SMILES string of the molecule is CCCSC1N=C(Cl)C([N+](=O)[O-])[C@@H](NC2=C3OC(C)(C)O[C@@H]3C(OCCO)=C2)N1. The number of ether oxygens (including phenoxy) is 3. The van der Waals surface area contributed by atoms with Gasteiger partial charge in [0.25, 0.3) is 6.04 Å². The first-order chi connectivity index (χ1) is 13.8. The van der Waals surface area contributed by atoms with Crippen LogP contribution in [0.15, 0.2) is 28.3 Å². The van der Waals surface area contributed by atoms with Crippen LogP contribution in [0.3, 0.4) is 0 Å². The number of nitro groups is 1. The van der Waals surface area contributed by atoms with Crippen molar-refractivity contribution in [2.24, 2.45) is 4.99 Å². The average molecular weight is 449 g/mol. The van der Waals surface area contributed by atoms with E-state index in [2.05, 4.69) is 15.6 Å². The number of allylic oxidation sites excluding steroid dienone is 1. The molecule has 0 aromatic rings. The molecule has 0 radical (unpaired) electrons. The zero-order valence-corrected chi connectivity index (χ0v) is 18.0. The van der Waals surface area contributed by atoms with Crippen LogP contribution >= 0.6 is 23.4 Å². The van der Waals surface area contributed by atoms with Crippen LogP contribution in [0.2, 0.25) is 0 Å². The summed E-state index contributed by atoms with van der Waals surface area (Å²) in [7, 11) is 0. The molecule has 1 saturated heterocycles. The minimum atomic E-state index is -1.26. The van der Waals surface area contributed by atoms with Gasteiger partial charge in [-0.1, -0.05) is 18.5 Å². The lowest BCUT2D eigenvalue weighted by Gasteiger charge is -2.31. The number of aliphatic imine (C=N–C) groups is 1. The summed E-state index contributed by atoms with van der Waals surface area (Å²) >= 11 is 7.68. The zero-order chi connectivity index (χ0) is 21.2. The van der Waals surface area contributed by atoms with Gasteiger partial charge in [-0.05, 0) is 12.2 Å². The minimum Gasteiger partial charge on any atom is -0.492 e. The normalized spacial score (nSPS) is 30.4. The van der Waals surface area contributed by atoms with Gasteiger partial charge in [-0.25, -0.2) is 4.99 Å². The fraction of sp³-hybridized carbons (Fsp3) is 0.706. The lowest BCUT2D eigenvalue weighted by Crippen LogP contribution is -2.60. The average Bonchev–Trinajstić information content (AvgIpc) is 3.11. The molecule has 12 heteroatoms. The molecule has 10 nitrogen and oxygen atoms in total. The summed E-state index contributed by atoms with van der Waals surface area (Å²) in [6.07, 6.45) is 1.22. The van der Waals surface area contributed by atoms with Crippen LogP contribution in [0, 0.1) is 10.1 Å². The van der Waals surface area contributed by atoms with Crippen molar-refractivity contribution in [1.82, 2.24) is 10.6 Å². The standard InChI is InChI=1S/C17H25ClN4O6S/c1-4-7-29-16-20-14(18)11(22(24)25)15(21-16)19-9-8-10(26-6-5-23)13-12(9)27-17(2,3)28-13/h8,11,13,15-16,19,21,23H,4-7H2,1-3H3/t11?,13-,15+,16?/m1/s1. The third kappa shape index (κ3) is 4.97. The van der Waals surface area contributed by atoms with Gasteiger partial charge in [-0.15, -0.1) is 11.8 Å². The Bertz CT molecular complexity index is 743. The van der Waals surface area contributed by atoms with Gasteiger partial charge in [0.05, 0.1) is 12.3 Å². The second-order valence-corrected chi connectivity index (χ2v) is 8.67. The zero-order valence-electron chi connectivity index (χ0n) is 16.4. The Kier molecular flexibility index (Phi) is 6.94. The Labute approximate surface area is 177 Å². The van der Waals surface area contributed by atoms with Crippen LogP contribution in [0.1, 0.15) is 27.2 Å². The molecule has 3 aliphatic rings. The van der Waals surface area contributed by atoms with E-state index in [1.54, 1.807) is 19.9 Å². The first-order valence-electron chi connectivity index (χ1n) is 9.33. The van der Waals surface area contributed by atoms with Crippen molar-refractivity contribution in [2.75, 3.05) is 19.0 Å². The summed E-state index contributed by atoms with van der Waals surface area (Å²) in [5.41, 5.74) is 0.105. The molecular weight excluding hydrogens is 424 g/mol. The number of rotatable bonds is 9. The molecule has 1 fully saturated rings. The predicted molar refractivity (Wildman–Crippen MR) is 109 cm³/mol. The van der Waals surface area contributed by atoms with Crippen LogP contribution in [0.5, 0.6) is 0 Å². The highest BCUT2D eigenvalue weighted by Crippen LogP contribution is 2.41. The second-order valence-electron chi connectivity index (χ2n) is 7.09. The van der Waals surface area contributed by atoms with Gasteiger partial charge in [0.15, 0.2) is 23.2 Å². The van der Waals surface area contributed by atoms with Crippen molar-refractivity contribution in [3.63, 3.8) is 0 Å². The fourth-order valence-corrected chi connectivity index (χ4v) is 4.42. The molecule has 0 amide bonds. The monoisotopic (exact) mass is 448 g/mol. The summed E-state index contributed by atoms with van der Waals surface area (Å²) < 4.78 is 17.3. The topological polar surface area (TPSA) is 127 Å². The number of fused-ring (bicyclic) bond motifs is 1. The first kappa shape index (κ1) is 22.2. The summed E-state index contributed by atoms with van der Waals surface area (Å²) in [6, 6.07) is -1.26. The fourth-order valence-electron chi connectivity index (χ4n) is 3.17. The maximum Gasteiger partial charge on any atom is 0.297 e. The molecule has 2 heterocycles. The summed E-state index contributed by atoms with van der Waals surface area (Å²) in [6.45, 7) is 5.51. The van der Waals surface area contributed by atoms with E-state index >= 15 is 0 Å². The lowest BCUT2D eigenvalue weighted by atomic mass is 10.2. The van der Waals surface area contributed by atoms with E-state index in [0.717, 1.165) is 12.2 Å². The molecule has 29 heavy (non-hydrogen) atoms. The van der Waals surface area contributed by atoms with Crippen molar-refractivity contribution < 1.29 is 24.2 Å². The highest BCUT2D eigenvalue weighted by Gasteiger charge is 2.48. The number of halogens is 1. The molecule has 4 atom stereocenters. The largest absolute Gasteiger partial charge is 0.492 e. The molecule has 3 N–H and O–H groups in total. The third-order valence-electron chi connectivity index (χ3n) is 4.31. The molecule has 0 saturated carbocycles. The predicted octanol–water partition coefficient (Wildman–Crippen LogP) is 1.48. The Morgan fingerprint density at radius 2 is 2.31 bits per heavy atom. The molecule has 0 bridgehead atoms. The van der Waals surface area contributed by atoms with Crippen LogP contribution in [-0.2, 0) is 14.2 Å². The molecule has 2 aliphatic heterocycles. The number of hydrogen-bond acceptors (Lipinski definition) is 10. The number of nitrogens with one attached hydrogen (secondary N) is 2. The van der Waals surface area contributed by atoms with Gasteiger partial charge < -0.3 is 24.6 Å². The molecule has 1 aliphatic carbocycles. The molecular formula is C17H25ClN4O6S. The van der Waals surface area contributed by atoms with Crippen molar-refractivity contribution in [3.8, 4) is 0 Å². The van der Waals surface area contributed by atoms with E-state index in [4.69, 9.17) is 30.9 Å². The smallest absolute Gasteiger partial charge is 0.297 e. The van der Waals surface area contributed by atoms with Gasteiger partial charge in [0.1, 0.15) is 17.9 Å². The van der Waals surface area contributed by atoms with Crippen molar-refractivity contribution >= 4 is 28.5 Å². The van der Waals surface area contributed by atoms with Gasteiger partial charge in [-0.2, -0.15) is 0 Å². The number of aliphatic hydroxyl groups is 1. The van der Waals surface area contributed by atoms with Crippen LogP contribution < -0.4 is 10.6 Å². The van der Waals surface area contributed by atoms with E-state index < -0.39 is 34.5 Å². The Morgan fingerprint density at radius 1 is 1.55 bits per heavy atom. The summed E-state index contributed by atoms with van der Waals surface area (Å²) in [5, 5.41) is 26.9. The maximum atomic E-state index is 11.6. The highest BCUT2D eigenvalue weighted by atomic mass is 35.5. The van der Waals surface area contributed by atoms with E-state index in [-0.39, 0.29) is 18.4 Å². The van der Waals surface area contributed by atoms with E-state index in [1.807, 2.05) is 6.92 Å². The molecule has 162 valence electrons. The highest BCUT2D eigenvalue weighted by molar-refractivity contribution is 7.99. The van der Waals surface area contributed by atoms with Crippen LogP contribution in [0.25, 0.3) is 0 Å². The first-order valence-corrected chi connectivity index (χ1v) is 10.8. The van der Waals surface area contributed by atoms with E-state index in [9.17, 15) is 10.1 Å².